The van der Waals surface area contributed by atoms with Crippen molar-refractivity contribution >= 4 is 39.3 Å². The molecule has 9 heteroatoms. The summed E-state index contributed by atoms with van der Waals surface area (Å²) in [5.41, 5.74) is 0.0114. The van der Waals surface area contributed by atoms with Gasteiger partial charge in [-0.2, -0.15) is 0 Å². The van der Waals surface area contributed by atoms with Crippen LogP contribution in [0.25, 0.3) is 10.2 Å². The second kappa shape index (κ2) is 12.3. The van der Waals surface area contributed by atoms with Gasteiger partial charge in [0.1, 0.15) is 18.0 Å². The van der Waals surface area contributed by atoms with Gasteiger partial charge in [0.25, 0.3) is 0 Å². The van der Waals surface area contributed by atoms with Gasteiger partial charge in [-0.25, -0.2) is 4.98 Å². The number of esters is 2. The fourth-order valence-corrected chi connectivity index (χ4v) is 6.88. The minimum atomic E-state index is -1.30. The highest BCUT2D eigenvalue weighted by Crippen LogP contribution is 2.47. The molecule has 0 saturated carbocycles. The molecule has 0 amide bonds. The Labute approximate surface area is 246 Å². The van der Waals surface area contributed by atoms with Crippen LogP contribution in [0, 0.1) is 24.2 Å². The highest BCUT2D eigenvalue weighted by atomic mass is 32.1. The van der Waals surface area contributed by atoms with E-state index in [-0.39, 0.29) is 36.2 Å². The third-order valence-corrected chi connectivity index (χ3v) is 9.76. The molecule has 4 rings (SSSR count). The number of rotatable bonds is 4. The smallest absolute Gasteiger partial charge is 0.309 e. The predicted octanol–water partition coefficient (Wildman–Crippen LogP) is 6.03. The van der Waals surface area contributed by atoms with Gasteiger partial charge < -0.3 is 19.3 Å². The number of aryl methyl sites for hydroxylation is 1. The SMILES string of the molecule is C=CC[C@H]1C(=O)C(C)(C)[C@@H](O)CC(=O)O[C@H](c2ccc3sc(C)nc3c2)C[C@@H]2O[C@]2(C)CCC[C@H](C)[C@@H]1OC(C)=O. The van der Waals surface area contributed by atoms with Crippen LogP contribution in [0.4, 0.5) is 0 Å². The minimum Gasteiger partial charge on any atom is -0.461 e. The minimum absolute atomic E-state index is 0.0999. The average molecular weight is 586 g/mol. The quantitative estimate of drug-likeness (QED) is 0.263. The molecule has 8 nitrogen and oxygen atoms in total. The highest BCUT2D eigenvalue weighted by molar-refractivity contribution is 7.18. The number of ether oxygens (including phenoxy) is 3. The lowest BCUT2D eigenvalue weighted by atomic mass is 9.71. The molecule has 2 aliphatic heterocycles. The van der Waals surface area contributed by atoms with E-state index in [0.717, 1.165) is 40.1 Å². The first kappa shape index (κ1) is 31.3. The Morgan fingerprint density at radius 3 is 2.71 bits per heavy atom. The van der Waals surface area contributed by atoms with Crippen molar-refractivity contribution in [1.29, 1.82) is 0 Å². The molecule has 2 saturated heterocycles. The van der Waals surface area contributed by atoms with Crippen LogP contribution >= 0.6 is 11.3 Å². The van der Waals surface area contributed by atoms with Crippen molar-refractivity contribution in [1.82, 2.24) is 4.98 Å². The molecule has 0 unspecified atom stereocenters. The predicted molar refractivity (Wildman–Crippen MR) is 157 cm³/mol. The van der Waals surface area contributed by atoms with E-state index in [4.69, 9.17) is 14.2 Å². The maximum atomic E-state index is 13.9. The molecule has 2 aromatic rings. The van der Waals surface area contributed by atoms with Crippen LogP contribution in [-0.2, 0) is 28.6 Å². The lowest BCUT2D eigenvalue weighted by molar-refractivity contribution is -0.160. The summed E-state index contributed by atoms with van der Waals surface area (Å²) in [6, 6.07) is 5.90. The van der Waals surface area contributed by atoms with Gasteiger partial charge in [-0.15, -0.1) is 17.9 Å². The van der Waals surface area contributed by atoms with Crippen molar-refractivity contribution in [2.75, 3.05) is 0 Å². The molecular formula is C32H43NO7S. The zero-order valence-electron chi connectivity index (χ0n) is 25.0. The largest absolute Gasteiger partial charge is 0.461 e. The topological polar surface area (TPSA) is 115 Å². The van der Waals surface area contributed by atoms with Crippen LogP contribution in [0.1, 0.15) is 89.8 Å². The van der Waals surface area contributed by atoms with Gasteiger partial charge in [-0.3, -0.25) is 14.4 Å². The third kappa shape index (κ3) is 7.07. The Balaban J connectivity index is 1.65. The van der Waals surface area contributed by atoms with E-state index in [0.29, 0.717) is 6.42 Å². The highest BCUT2D eigenvalue weighted by Gasteiger charge is 2.53. The van der Waals surface area contributed by atoms with Crippen LogP contribution in [0.2, 0.25) is 0 Å². The van der Waals surface area contributed by atoms with Crippen LogP contribution in [0.5, 0.6) is 0 Å². The number of aliphatic hydroxyl groups is 1. The molecule has 41 heavy (non-hydrogen) atoms. The maximum Gasteiger partial charge on any atom is 0.309 e. The summed E-state index contributed by atoms with van der Waals surface area (Å²) in [5, 5.41) is 12.2. The molecule has 2 fully saturated rings. The number of hydrogen-bond donors (Lipinski definition) is 1. The monoisotopic (exact) mass is 585 g/mol. The molecule has 2 aliphatic rings. The summed E-state index contributed by atoms with van der Waals surface area (Å²) in [7, 11) is 0. The zero-order valence-corrected chi connectivity index (χ0v) is 25.8. The van der Waals surface area contributed by atoms with Crippen LogP contribution < -0.4 is 0 Å². The summed E-state index contributed by atoms with van der Waals surface area (Å²) in [5.74, 6) is -2.16. The first-order valence-electron chi connectivity index (χ1n) is 14.5. The number of carbonyl (C=O) groups is 3. The number of hydrogen-bond acceptors (Lipinski definition) is 9. The average Bonchev–Trinajstić information content (AvgIpc) is 3.36. The van der Waals surface area contributed by atoms with Gasteiger partial charge in [0.15, 0.2) is 0 Å². The standard InChI is InChI=1S/C32H43NO7S/c1-8-10-22-29(38-20(4)34)18(2)11-9-14-32(7)27(40-32)16-24(21-12-13-25-23(15-21)33-19(3)41-25)39-28(36)17-26(35)31(5,6)30(22)37/h8,12-13,15,18,22,24,26-27,29,35H,1,9-11,14,16-17H2,2-7H3/t18-,22+,24-,26-,27-,29-,32+/m0/s1. The number of ketones is 1. The van der Waals surface area contributed by atoms with Crippen LogP contribution in [-0.4, -0.2) is 51.7 Å². The number of cyclic esters (lactones) is 1. The van der Waals surface area contributed by atoms with E-state index in [9.17, 15) is 19.5 Å². The van der Waals surface area contributed by atoms with Crippen molar-refractivity contribution in [3.63, 3.8) is 0 Å². The zero-order chi connectivity index (χ0) is 30.1. The van der Waals surface area contributed by atoms with E-state index in [1.54, 1.807) is 31.3 Å². The number of Topliss-reactive ketones (excluding diaryl/α,β-unsaturated/α-hetero) is 1. The van der Waals surface area contributed by atoms with Crippen molar-refractivity contribution in [3.8, 4) is 0 Å². The summed E-state index contributed by atoms with van der Waals surface area (Å²) in [4.78, 5) is 43.9. The molecule has 0 bridgehead atoms. The molecule has 1 N–H and O–H groups in total. The molecule has 3 heterocycles. The third-order valence-electron chi connectivity index (χ3n) is 8.81. The molecule has 224 valence electrons. The Bertz CT molecular complexity index is 1300. The van der Waals surface area contributed by atoms with E-state index in [1.807, 2.05) is 32.0 Å². The maximum absolute atomic E-state index is 13.9. The lowest BCUT2D eigenvalue weighted by Crippen LogP contribution is -2.47. The van der Waals surface area contributed by atoms with Crippen molar-refractivity contribution in [3.05, 3.63) is 41.4 Å². The number of thiazole rings is 1. The Hall–Kier alpha value is -2.62. The summed E-state index contributed by atoms with van der Waals surface area (Å²) >= 11 is 1.61. The number of nitrogens with zero attached hydrogens (tertiary/aromatic N) is 1. The summed E-state index contributed by atoms with van der Waals surface area (Å²) in [6.07, 6.45) is 1.69. The first-order valence-corrected chi connectivity index (χ1v) is 15.3. The molecule has 1 aromatic carbocycles. The number of fused-ring (bicyclic) bond motifs is 2. The van der Waals surface area contributed by atoms with E-state index >= 15 is 0 Å². The molecule has 0 spiro atoms. The van der Waals surface area contributed by atoms with Gasteiger partial charge in [0.2, 0.25) is 0 Å². The van der Waals surface area contributed by atoms with E-state index in [1.165, 1.54) is 6.92 Å². The van der Waals surface area contributed by atoms with Gasteiger partial charge >= 0.3 is 11.9 Å². The second-order valence-corrected chi connectivity index (χ2v) is 13.7. The van der Waals surface area contributed by atoms with Crippen LogP contribution in [0.15, 0.2) is 30.9 Å². The van der Waals surface area contributed by atoms with Gasteiger partial charge in [-0.05, 0) is 56.7 Å². The fourth-order valence-electron chi connectivity index (χ4n) is 6.07. The van der Waals surface area contributed by atoms with E-state index < -0.39 is 41.6 Å². The number of carbonyl (C=O) groups excluding carboxylic acids is 3. The van der Waals surface area contributed by atoms with E-state index in [2.05, 4.69) is 18.5 Å². The number of benzene rings is 1. The summed E-state index contributed by atoms with van der Waals surface area (Å²) in [6.45, 7) is 14.4. The summed E-state index contributed by atoms with van der Waals surface area (Å²) < 4.78 is 19.0. The Kier molecular flexibility index (Phi) is 9.41. The van der Waals surface area contributed by atoms with Gasteiger partial charge in [-0.1, -0.05) is 39.3 Å². The Morgan fingerprint density at radius 2 is 2.02 bits per heavy atom. The van der Waals surface area contributed by atoms with Gasteiger partial charge in [0, 0.05) is 13.3 Å². The van der Waals surface area contributed by atoms with Crippen molar-refractivity contribution in [2.45, 2.75) is 110 Å². The second-order valence-electron chi connectivity index (χ2n) is 12.5. The number of allylic oxidation sites excluding steroid dienone is 1. The van der Waals surface area contributed by atoms with Crippen molar-refractivity contribution < 1.29 is 33.7 Å². The molecular weight excluding hydrogens is 542 g/mol. The first-order chi connectivity index (χ1) is 19.2. The Morgan fingerprint density at radius 1 is 1.29 bits per heavy atom. The fraction of sp³-hybridized carbons (Fsp3) is 0.625. The molecule has 0 radical (unpaired) electrons. The van der Waals surface area contributed by atoms with Crippen molar-refractivity contribution in [2.24, 2.45) is 17.3 Å². The number of aliphatic hydroxyl groups excluding tert-OH is 1. The number of epoxide rings is 1. The normalized spacial score (nSPS) is 33.0. The van der Waals surface area contributed by atoms with Gasteiger partial charge in [0.05, 0.1) is 50.8 Å². The molecule has 1 aromatic heterocycles. The lowest BCUT2D eigenvalue weighted by Gasteiger charge is -2.37. The van der Waals surface area contributed by atoms with Crippen LogP contribution in [0.3, 0.4) is 0 Å². The molecule has 0 aliphatic carbocycles. The molecule has 7 atom stereocenters. The number of aromatic nitrogens is 1.